The number of nitrogens with zero attached hydrogens (tertiary/aromatic N) is 1. The Morgan fingerprint density at radius 1 is 0.711 bits per heavy atom. The number of carboxylic acids is 1. The highest BCUT2D eigenvalue weighted by atomic mass is 16.4. The van der Waals surface area contributed by atoms with E-state index < -0.39 is 66.1 Å². The van der Waals surface area contributed by atoms with Gasteiger partial charge >= 0.3 is 5.97 Å². The van der Waals surface area contributed by atoms with Gasteiger partial charge in [-0.15, -0.1) is 0 Å². The van der Waals surface area contributed by atoms with Gasteiger partial charge in [0, 0.05) is 13.0 Å². The van der Waals surface area contributed by atoms with Crippen LogP contribution in [0.15, 0.2) is 4.99 Å². The first-order valence-corrected chi connectivity index (χ1v) is 12.0. The van der Waals surface area contributed by atoms with Gasteiger partial charge in [0.25, 0.3) is 0 Å². The molecule has 0 saturated heterocycles. The molecule has 0 aromatic heterocycles. The number of hydrogen-bond acceptors (Lipinski definition) is 9. The maximum absolute atomic E-state index is 13.1. The fourth-order valence-electron chi connectivity index (χ4n) is 3.21. The Bertz CT molecular complexity index is 863. The molecule has 0 rings (SSSR count). The minimum Gasteiger partial charge on any atom is -0.480 e. The summed E-state index contributed by atoms with van der Waals surface area (Å²) in [6.45, 7) is 0.454. The third-order valence-electron chi connectivity index (χ3n) is 5.21. The van der Waals surface area contributed by atoms with Crippen LogP contribution in [0, 0.1) is 0 Å². The van der Waals surface area contributed by atoms with E-state index in [0.29, 0.717) is 19.4 Å². The van der Waals surface area contributed by atoms with E-state index in [1.54, 1.807) is 0 Å². The van der Waals surface area contributed by atoms with Crippen molar-refractivity contribution in [2.75, 3.05) is 13.1 Å². The number of carbonyl (C=O) groups is 6. The van der Waals surface area contributed by atoms with Crippen molar-refractivity contribution in [2.45, 2.75) is 75.5 Å². The number of primary amides is 2. The number of aliphatic imine (C=N–C) groups is 1. The number of hydrogen-bond donors (Lipinski definition) is 10. The number of nitrogens with one attached hydrogen (secondary N) is 3. The fraction of sp³-hybridized carbons (Fsp3) is 0.667. The molecule has 0 aromatic rings. The smallest absolute Gasteiger partial charge is 0.326 e. The molecule has 0 heterocycles. The lowest BCUT2D eigenvalue weighted by Gasteiger charge is -2.25. The van der Waals surface area contributed by atoms with Gasteiger partial charge in [-0.2, -0.15) is 0 Å². The molecule has 0 bridgehead atoms. The molecule has 4 atom stereocenters. The molecule has 0 spiro atoms. The molecule has 0 radical (unpaired) electrons. The molecule has 0 aliphatic carbocycles. The molecule has 5 amide bonds. The molecule has 16 N–H and O–H groups in total. The van der Waals surface area contributed by atoms with Gasteiger partial charge in [-0.1, -0.05) is 0 Å². The number of aliphatic carboxylic acids is 1. The summed E-state index contributed by atoms with van der Waals surface area (Å²) in [5.74, 6) is -5.53. The quantitative estimate of drug-likeness (QED) is 0.0393. The molecule has 0 aliphatic heterocycles. The highest BCUT2D eigenvalue weighted by Gasteiger charge is 2.30. The summed E-state index contributed by atoms with van der Waals surface area (Å²) in [5.41, 5.74) is 31.9. The first-order chi connectivity index (χ1) is 17.8. The SMILES string of the molecule is NCCCCC(NC(=O)C(CCCN=C(N)N)NC(=O)C(N)CC(N)=O)C(=O)NC(CCC(N)=O)C(=O)O. The second-order valence-corrected chi connectivity index (χ2v) is 8.54. The van der Waals surface area contributed by atoms with Crippen molar-refractivity contribution in [3.8, 4) is 0 Å². The molecular formula is C21H40N10O7. The number of nitrogens with two attached hydrogens (primary N) is 6. The molecule has 17 heteroatoms. The lowest BCUT2D eigenvalue weighted by atomic mass is 10.0. The lowest BCUT2D eigenvalue weighted by Crippen LogP contribution is -2.57. The Hall–Kier alpha value is -3.99. The van der Waals surface area contributed by atoms with Crippen LogP contribution in [0.1, 0.15) is 51.4 Å². The van der Waals surface area contributed by atoms with Crippen LogP contribution in [0.2, 0.25) is 0 Å². The van der Waals surface area contributed by atoms with Crippen LogP contribution < -0.4 is 50.4 Å². The van der Waals surface area contributed by atoms with Gasteiger partial charge in [0.05, 0.1) is 12.5 Å². The minimum absolute atomic E-state index is 0.0329. The maximum Gasteiger partial charge on any atom is 0.326 e. The van der Waals surface area contributed by atoms with E-state index in [9.17, 15) is 33.9 Å². The maximum atomic E-state index is 13.1. The van der Waals surface area contributed by atoms with Crippen LogP contribution in [0.5, 0.6) is 0 Å². The number of carbonyl (C=O) groups excluding carboxylic acids is 5. The van der Waals surface area contributed by atoms with E-state index in [0.717, 1.165) is 0 Å². The van der Waals surface area contributed by atoms with E-state index in [-0.39, 0.29) is 44.6 Å². The van der Waals surface area contributed by atoms with Crippen LogP contribution in [-0.2, 0) is 28.8 Å². The third-order valence-corrected chi connectivity index (χ3v) is 5.21. The first kappa shape index (κ1) is 34.0. The zero-order valence-electron chi connectivity index (χ0n) is 21.2. The molecule has 0 saturated carbocycles. The summed E-state index contributed by atoms with van der Waals surface area (Å²) < 4.78 is 0. The normalized spacial score (nSPS) is 13.7. The Morgan fingerprint density at radius 3 is 1.71 bits per heavy atom. The number of amides is 5. The van der Waals surface area contributed by atoms with Gasteiger partial charge in [0.2, 0.25) is 29.5 Å². The number of guanidine groups is 1. The molecule has 0 aromatic carbocycles. The van der Waals surface area contributed by atoms with Crippen molar-refractivity contribution in [3.63, 3.8) is 0 Å². The Morgan fingerprint density at radius 2 is 1.24 bits per heavy atom. The number of unbranched alkanes of at least 4 members (excludes halogenated alkanes) is 1. The zero-order valence-corrected chi connectivity index (χ0v) is 21.2. The van der Waals surface area contributed by atoms with Crippen LogP contribution in [0.3, 0.4) is 0 Å². The van der Waals surface area contributed by atoms with E-state index in [4.69, 9.17) is 34.4 Å². The lowest BCUT2D eigenvalue weighted by molar-refractivity contribution is -0.142. The summed E-state index contributed by atoms with van der Waals surface area (Å²) >= 11 is 0. The largest absolute Gasteiger partial charge is 0.480 e. The van der Waals surface area contributed by atoms with Gasteiger partial charge in [-0.25, -0.2) is 4.79 Å². The highest BCUT2D eigenvalue weighted by molar-refractivity contribution is 5.95. The molecule has 216 valence electrons. The van der Waals surface area contributed by atoms with Gasteiger partial charge < -0.3 is 55.5 Å². The Balaban J connectivity index is 5.66. The van der Waals surface area contributed by atoms with Crippen LogP contribution in [0.4, 0.5) is 0 Å². The topological polar surface area (TPSA) is 327 Å². The average molecular weight is 545 g/mol. The van der Waals surface area contributed by atoms with E-state index in [1.807, 2.05) is 0 Å². The third kappa shape index (κ3) is 15.2. The molecule has 0 aliphatic rings. The standard InChI is InChI=1S/C21H40N10O7/c22-8-2-1-4-12(19(36)31-14(20(37)38)6-7-15(24)32)30-18(35)13(5-3-9-28-21(26)27)29-17(34)11(23)10-16(25)33/h11-14H,1-10,22-23H2,(H2,24,32)(H2,25,33)(H,29,34)(H,30,35)(H,31,36)(H,37,38)(H4,26,27,28). The van der Waals surface area contributed by atoms with Crippen LogP contribution in [0.25, 0.3) is 0 Å². The molecule has 0 fully saturated rings. The summed E-state index contributed by atoms with van der Waals surface area (Å²) in [6, 6.07) is -5.14. The number of carboxylic acid groups (broad SMARTS) is 1. The zero-order chi connectivity index (χ0) is 29.3. The predicted octanol–water partition coefficient (Wildman–Crippen LogP) is -4.82. The molecule has 17 nitrogen and oxygen atoms in total. The summed E-state index contributed by atoms with van der Waals surface area (Å²) in [4.78, 5) is 75.9. The minimum atomic E-state index is -1.43. The van der Waals surface area contributed by atoms with Crippen LogP contribution in [-0.4, -0.2) is 83.8 Å². The van der Waals surface area contributed by atoms with Crippen molar-refractivity contribution in [2.24, 2.45) is 39.4 Å². The van der Waals surface area contributed by atoms with E-state index in [1.165, 1.54) is 0 Å². The van der Waals surface area contributed by atoms with Crippen molar-refractivity contribution in [3.05, 3.63) is 0 Å². The Labute approximate surface area is 219 Å². The van der Waals surface area contributed by atoms with Crippen LogP contribution >= 0.6 is 0 Å². The fourth-order valence-corrected chi connectivity index (χ4v) is 3.21. The van der Waals surface area contributed by atoms with Gasteiger partial charge in [0.1, 0.15) is 18.1 Å². The molecule has 38 heavy (non-hydrogen) atoms. The average Bonchev–Trinajstić information content (AvgIpc) is 2.81. The number of rotatable bonds is 20. The van der Waals surface area contributed by atoms with Crippen molar-refractivity contribution in [1.82, 2.24) is 16.0 Å². The van der Waals surface area contributed by atoms with Crippen molar-refractivity contribution < 1.29 is 33.9 Å². The van der Waals surface area contributed by atoms with Crippen molar-refractivity contribution in [1.29, 1.82) is 0 Å². The second kappa shape index (κ2) is 18.3. The summed E-state index contributed by atoms with van der Waals surface area (Å²) in [6.07, 6.45) is 0.332. The predicted molar refractivity (Wildman–Crippen MR) is 136 cm³/mol. The highest BCUT2D eigenvalue weighted by Crippen LogP contribution is 2.07. The van der Waals surface area contributed by atoms with Crippen molar-refractivity contribution >= 4 is 41.5 Å². The van der Waals surface area contributed by atoms with Gasteiger partial charge in [-0.3, -0.25) is 29.0 Å². The summed E-state index contributed by atoms with van der Waals surface area (Å²) in [7, 11) is 0. The molecular weight excluding hydrogens is 504 g/mol. The van der Waals surface area contributed by atoms with E-state index in [2.05, 4.69) is 20.9 Å². The second-order valence-electron chi connectivity index (χ2n) is 8.54. The van der Waals surface area contributed by atoms with E-state index >= 15 is 0 Å². The Kier molecular flexibility index (Phi) is 16.4. The summed E-state index contributed by atoms with van der Waals surface area (Å²) in [5, 5.41) is 16.6. The first-order valence-electron chi connectivity index (χ1n) is 12.0. The monoisotopic (exact) mass is 544 g/mol. The molecule has 4 unspecified atom stereocenters. The van der Waals surface area contributed by atoms with Gasteiger partial charge in [-0.05, 0) is 45.1 Å². The van der Waals surface area contributed by atoms with Gasteiger partial charge in [0.15, 0.2) is 5.96 Å².